The van der Waals surface area contributed by atoms with Crippen molar-refractivity contribution in [3.63, 3.8) is 0 Å². The summed E-state index contributed by atoms with van der Waals surface area (Å²) in [4.78, 5) is 0. The molecule has 0 aromatic rings. The van der Waals surface area contributed by atoms with Crippen LogP contribution in [0.4, 0.5) is 0 Å². The minimum absolute atomic E-state index is 0. The summed E-state index contributed by atoms with van der Waals surface area (Å²) in [5.41, 5.74) is 0. The molecule has 0 spiro atoms. The zero-order chi connectivity index (χ0) is 0. The molecule has 0 nitrogen and oxygen atoms in total. The van der Waals surface area contributed by atoms with Crippen LogP contribution in [0.5, 0.6) is 0 Å². The second-order valence-electron chi connectivity index (χ2n) is 0. The molecular formula is H3AgAlLiMgMnZn. The van der Waals surface area contributed by atoms with Crippen LogP contribution in [-0.4, -0.2) is 40.4 Å². The fraction of sp³-hybridized carbons (Fsp3) is 0. The Balaban J connectivity index is 0. The number of hydrogen-bond acceptors (Lipinski definition) is 0. The first kappa shape index (κ1) is 52.8. The van der Waals surface area contributed by atoms with Crippen LogP contribution in [0.15, 0.2) is 0 Å². The molecule has 0 saturated heterocycles. The fourth-order valence-corrected chi connectivity index (χ4v) is 0. The largest absolute Gasteiger partial charge is 2.00 e. The Morgan fingerprint density at radius 3 is 1.17 bits per heavy atom. The van der Waals surface area contributed by atoms with E-state index in [1.807, 2.05) is 0 Å². The molecule has 0 aromatic carbocycles. The topological polar surface area (TPSA) is 0 Å². The number of rotatable bonds is 0. The Hall–Kier alpha value is 3.78. The van der Waals surface area contributed by atoms with Crippen molar-refractivity contribution in [3.05, 3.63) is 0 Å². The SMILES string of the molecule is [Ag].[Al].[H-].[H-].[H-].[Li+].[Mg+2].[Mn].[Zn]. The van der Waals surface area contributed by atoms with E-state index in [9.17, 15) is 0 Å². The van der Waals surface area contributed by atoms with Crippen molar-refractivity contribution in [3.8, 4) is 0 Å². The van der Waals surface area contributed by atoms with Crippen LogP contribution < -0.4 is 18.9 Å². The molecule has 0 aliphatic rings. The van der Waals surface area contributed by atoms with Crippen LogP contribution in [-0.2, 0) is 58.9 Å². The van der Waals surface area contributed by atoms with Gasteiger partial charge in [-0.1, -0.05) is 0 Å². The summed E-state index contributed by atoms with van der Waals surface area (Å²) in [6.07, 6.45) is 0. The van der Waals surface area contributed by atoms with Crippen LogP contribution in [0.1, 0.15) is 4.28 Å². The van der Waals surface area contributed by atoms with Crippen LogP contribution in [0, 0.1) is 0 Å². The molecule has 0 rings (SSSR count). The molecule has 0 saturated carbocycles. The standard InChI is InChI=1S/Ag.Al.Li.Mg.Mn.Zn.3H/q;;+1;+2;;;3*-1. The minimum atomic E-state index is 0. The molecule has 0 atom stereocenters. The van der Waals surface area contributed by atoms with Gasteiger partial charge in [0.1, 0.15) is 0 Å². The van der Waals surface area contributed by atoms with Crippen LogP contribution >= 0.6 is 0 Å². The molecule has 0 bridgehead atoms. The van der Waals surface area contributed by atoms with Gasteiger partial charge in [0.2, 0.25) is 0 Å². The van der Waals surface area contributed by atoms with Gasteiger partial charge >= 0.3 is 41.9 Å². The molecule has 0 N–H and O–H groups in total. The first-order valence-electron chi connectivity index (χ1n) is 0. The third-order valence-corrected chi connectivity index (χ3v) is 0. The van der Waals surface area contributed by atoms with E-state index in [4.69, 9.17) is 0 Å². The molecule has 0 aliphatic carbocycles. The minimum Gasteiger partial charge on any atom is -1.00 e. The fourth-order valence-electron chi connectivity index (χ4n) is 0. The smallest absolute Gasteiger partial charge is 1.00 e. The molecule has 0 aromatic heterocycles. The summed E-state index contributed by atoms with van der Waals surface area (Å²) < 4.78 is 0. The Morgan fingerprint density at radius 2 is 1.17 bits per heavy atom. The van der Waals surface area contributed by atoms with Crippen molar-refractivity contribution in [2.75, 3.05) is 0 Å². The molecular weight excluding hydrogens is 286 g/mol. The van der Waals surface area contributed by atoms with E-state index in [-0.39, 0.29) is 122 Å². The van der Waals surface area contributed by atoms with Gasteiger partial charge in [-0.3, -0.25) is 0 Å². The number of hydrogen-bond donors (Lipinski definition) is 0. The van der Waals surface area contributed by atoms with Gasteiger partial charge < -0.3 is 4.28 Å². The van der Waals surface area contributed by atoms with Gasteiger partial charge in [0.05, 0.1) is 0 Å². The van der Waals surface area contributed by atoms with E-state index in [2.05, 4.69) is 0 Å². The normalized spacial score (nSPS) is 0. The predicted octanol–water partition coefficient (Wildman–Crippen LogP) is -3.43. The molecule has 0 amide bonds. The van der Waals surface area contributed by atoms with Gasteiger partial charge in [-0.15, -0.1) is 0 Å². The first-order valence-corrected chi connectivity index (χ1v) is 0. The summed E-state index contributed by atoms with van der Waals surface area (Å²) in [5, 5.41) is 0. The summed E-state index contributed by atoms with van der Waals surface area (Å²) in [6, 6.07) is 0. The predicted molar refractivity (Wildman–Crippen MR) is 14.8 cm³/mol. The zero-order valence-electron chi connectivity index (χ0n) is 6.67. The summed E-state index contributed by atoms with van der Waals surface area (Å²) in [5.74, 6) is 0. The van der Waals surface area contributed by atoms with Gasteiger partial charge in [-0.25, -0.2) is 0 Å². The molecule has 6 heteroatoms. The van der Waals surface area contributed by atoms with Gasteiger partial charge in [0.15, 0.2) is 0 Å². The van der Waals surface area contributed by atoms with Crippen molar-refractivity contribution in [1.82, 2.24) is 0 Å². The third-order valence-electron chi connectivity index (χ3n) is 0. The second kappa shape index (κ2) is 37.2. The summed E-state index contributed by atoms with van der Waals surface area (Å²) >= 11 is 0. The van der Waals surface area contributed by atoms with Crippen molar-refractivity contribution < 1.29 is 82.1 Å². The van der Waals surface area contributed by atoms with Crippen LogP contribution in [0.2, 0.25) is 0 Å². The first-order chi connectivity index (χ1) is 0. The Labute approximate surface area is 120 Å². The molecule has 0 fully saturated rings. The van der Waals surface area contributed by atoms with Crippen LogP contribution in [0.3, 0.4) is 0 Å². The van der Waals surface area contributed by atoms with E-state index >= 15 is 0 Å². The molecule has 0 heterocycles. The van der Waals surface area contributed by atoms with Gasteiger partial charge in [0, 0.05) is 76.3 Å². The van der Waals surface area contributed by atoms with Crippen molar-refractivity contribution in [1.29, 1.82) is 0 Å². The summed E-state index contributed by atoms with van der Waals surface area (Å²) in [6.45, 7) is 0. The zero-order valence-corrected chi connectivity index (χ0v) is 11.9. The van der Waals surface area contributed by atoms with Crippen molar-refractivity contribution >= 4 is 40.4 Å². The van der Waals surface area contributed by atoms with Gasteiger partial charge in [-0.2, -0.15) is 0 Å². The Kier molecular flexibility index (Phi) is 327. The quantitative estimate of drug-likeness (QED) is 0.407. The van der Waals surface area contributed by atoms with E-state index in [0.717, 1.165) is 0 Å². The van der Waals surface area contributed by atoms with E-state index < -0.39 is 0 Å². The van der Waals surface area contributed by atoms with Crippen molar-refractivity contribution in [2.45, 2.75) is 0 Å². The average molecular weight is 289 g/mol. The van der Waals surface area contributed by atoms with Gasteiger partial charge in [-0.05, 0) is 0 Å². The molecule has 5 radical (unpaired) electrons. The third kappa shape index (κ3) is 25.0. The maximum absolute atomic E-state index is 0. The van der Waals surface area contributed by atoms with E-state index in [1.54, 1.807) is 0 Å². The molecule has 0 unspecified atom stereocenters. The second-order valence-corrected chi connectivity index (χ2v) is 0. The maximum atomic E-state index is 0. The molecule has 6 heavy (non-hydrogen) atoms. The van der Waals surface area contributed by atoms with E-state index in [1.165, 1.54) is 0 Å². The Bertz CT molecular complexity index is 23.8. The Morgan fingerprint density at radius 1 is 1.17 bits per heavy atom. The monoisotopic (exact) mass is 287 g/mol. The summed E-state index contributed by atoms with van der Waals surface area (Å²) in [7, 11) is 0. The molecule has 0 aliphatic heterocycles. The average Bonchev–Trinajstić information content (AvgIpc) is 0. The van der Waals surface area contributed by atoms with E-state index in [0.29, 0.717) is 0 Å². The van der Waals surface area contributed by atoms with Crippen molar-refractivity contribution in [2.24, 2.45) is 0 Å². The maximum Gasteiger partial charge on any atom is 2.00 e. The molecule has 29 valence electrons. The van der Waals surface area contributed by atoms with Gasteiger partial charge in [0.25, 0.3) is 0 Å². The van der Waals surface area contributed by atoms with Crippen LogP contribution in [0.25, 0.3) is 0 Å².